The molecule has 0 amide bonds. The third-order valence-corrected chi connectivity index (χ3v) is 3.64. The average molecular weight is 350 g/mol. The smallest absolute Gasteiger partial charge is 0.354 e. The van der Waals surface area contributed by atoms with Crippen LogP contribution in [0.3, 0.4) is 0 Å². The number of nitrogens with one attached hydrogen (secondary N) is 1. The van der Waals surface area contributed by atoms with E-state index in [0.717, 1.165) is 10.2 Å². The van der Waals surface area contributed by atoms with Crippen molar-refractivity contribution in [2.45, 2.75) is 26.7 Å². The van der Waals surface area contributed by atoms with Crippen LogP contribution in [0.4, 0.5) is 11.6 Å². The Morgan fingerprint density at radius 3 is 2.57 bits per heavy atom. The Hall–Kier alpha value is -1.95. The minimum Gasteiger partial charge on any atom is -0.477 e. The van der Waals surface area contributed by atoms with Gasteiger partial charge in [0.15, 0.2) is 5.69 Å². The highest BCUT2D eigenvalue weighted by molar-refractivity contribution is 9.10. The van der Waals surface area contributed by atoms with Crippen molar-refractivity contribution < 1.29 is 9.90 Å². The van der Waals surface area contributed by atoms with E-state index >= 15 is 0 Å². The van der Waals surface area contributed by atoms with E-state index in [9.17, 15) is 4.79 Å². The van der Waals surface area contributed by atoms with E-state index in [1.54, 1.807) is 6.92 Å². The molecule has 0 aliphatic heterocycles. The lowest BCUT2D eigenvalue weighted by Gasteiger charge is -2.11. The van der Waals surface area contributed by atoms with E-state index in [1.165, 1.54) is 11.6 Å². The number of rotatable bonds is 4. The Morgan fingerprint density at radius 1 is 1.29 bits per heavy atom. The molecule has 110 valence electrons. The predicted octanol–water partition coefficient (Wildman–Crippen LogP) is 4.11. The fourth-order valence-corrected chi connectivity index (χ4v) is 2.34. The summed E-state index contributed by atoms with van der Waals surface area (Å²) >= 11 is 3.50. The lowest BCUT2D eigenvalue weighted by atomic mass is 10.0. The summed E-state index contributed by atoms with van der Waals surface area (Å²) in [6.45, 7) is 5.98. The zero-order chi connectivity index (χ0) is 15.6. The monoisotopic (exact) mass is 349 g/mol. The topological polar surface area (TPSA) is 75.1 Å². The van der Waals surface area contributed by atoms with Crippen molar-refractivity contribution in [3.8, 4) is 0 Å². The van der Waals surface area contributed by atoms with Gasteiger partial charge in [0.1, 0.15) is 0 Å². The van der Waals surface area contributed by atoms with Crippen LogP contribution < -0.4 is 5.32 Å². The van der Waals surface area contributed by atoms with Gasteiger partial charge in [-0.3, -0.25) is 0 Å². The summed E-state index contributed by atoms with van der Waals surface area (Å²) in [6.07, 6.45) is 0. The number of hydrogen-bond acceptors (Lipinski definition) is 4. The van der Waals surface area contributed by atoms with Gasteiger partial charge in [-0.2, -0.15) is 0 Å². The van der Waals surface area contributed by atoms with Gasteiger partial charge in [0.05, 0.1) is 5.69 Å². The van der Waals surface area contributed by atoms with Crippen LogP contribution in [-0.4, -0.2) is 21.0 Å². The number of anilines is 2. The highest BCUT2D eigenvalue weighted by Crippen LogP contribution is 2.28. The molecular formula is C15H16BrN3O2. The molecule has 0 atom stereocenters. The first-order chi connectivity index (χ1) is 9.86. The number of nitrogens with zero attached hydrogens (tertiary/aromatic N) is 2. The van der Waals surface area contributed by atoms with Gasteiger partial charge in [0.2, 0.25) is 5.95 Å². The van der Waals surface area contributed by atoms with E-state index in [1.807, 2.05) is 18.2 Å². The standard InChI is InChI=1S/C15H16BrN3O2/c1-8(2)10-4-5-12(11(16)7-10)18-15-17-9(3)6-13(19-15)14(20)21/h4-8H,1-3H3,(H,20,21)(H,17,18,19). The van der Waals surface area contributed by atoms with Crippen molar-refractivity contribution in [1.82, 2.24) is 9.97 Å². The van der Waals surface area contributed by atoms with Gasteiger partial charge in [-0.15, -0.1) is 0 Å². The third-order valence-electron chi connectivity index (χ3n) is 2.98. The first-order valence-corrected chi connectivity index (χ1v) is 7.31. The zero-order valence-corrected chi connectivity index (χ0v) is 13.6. The molecule has 1 aromatic heterocycles. The third kappa shape index (κ3) is 3.78. The predicted molar refractivity (Wildman–Crippen MR) is 85.2 cm³/mol. The summed E-state index contributed by atoms with van der Waals surface area (Å²) < 4.78 is 0.885. The Morgan fingerprint density at radius 2 is 2.00 bits per heavy atom. The molecule has 0 aliphatic rings. The Bertz CT molecular complexity index is 687. The van der Waals surface area contributed by atoms with Gasteiger partial charge in [-0.1, -0.05) is 19.9 Å². The number of carboxylic acid groups (broad SMARTS) is 1. The maximum Gasteiger partial charge on any atom is 0.354 e. The molecule has 2 rings (SSSR count). The molecule has 0 radical (unpaired) electrons. The number of benzene rings is 1. The molecule has 2 aromatic rings. The quantitative estimate of drug-likeness (QED) is 0.868. The van der Waals surface area contributed by atoms with Crippen molar-refractivity contribution in [3.63, 3.8) is 0 Å². The number of carbonyl (C=O) groups is 1. The second-order valence-corrected chi connectivity index (χ2v) is 5.90. The summed E-state index contributed by atoms with van der Waals surface area (Å²) in [7, 11) is 0. The number of aryl methyl sites for hydroxylation is 1. The van der Waals surface area contributed by atoms with Gasteiger partial charge >= 0.3 is 5.97 Å². The van der Waals surface area contributed by atoms with Crippen molar-refractivity contribution in [1.29, 1.82) is 0 Å². The average Bonchev–Trinajstić information content (AvgIpc) is 2.40. The van der Waals surface area contributed by atoms with Crippen molar-refractivity contribution >= 4 is 33.5 Å². The largest absolute Gasteiger partial charge is 0.477 e. The molecule has 0 fully saturated rings. The Kier molecular flexibility index (Phi) is 4.57. The van der Waals surface area contributed by atoms with Crippen LogP contribution in [0.25, 0.3) is 0 Å². The number of aromatic carboxylic acids is 1. The van der Waals surface area contributed by atoms with E-state index in [0.29, 0.717) is 11.6 Å². The van der Waals surface area contributed by atoms with Gasteiger partial charge in [-0.05, 0) is 52.5 Å². The number of hydrogen-bond donors (Lipinski definition) is 2. The van der Waals surface area contributed by atoms with Crippen molar-refractivity contribution in [3.05, 3.63) is 45.7 Å². The number of carboxylic acids is 1. The Labute approximate surface area is 131 Å². The second kappa shape index (κ2) is 6.22. The van der Waals surface area contributed by atoms with Gasteiger partial charge in [0, 0.05) is 10.2 Å². The lowest BCUT2D eigenvalue weighted by molar-refractivity contribution is 0.0690. The summed E-state index contributed by atoms with van der Waals surface area (Å²) in [5.41, 5.74) is 2.57. The first kappa shape index (κ1) is 15.4. The molecule has 6 heteroatoms. The first-order valence-electron chi connectivity index (χ1n) is 6.52. The molecule has 21 heavy (non-hydrogen) atoms. The maximum atomic E-state index is 11.0. The van der Waals surface area contributed by atoms with E-state index in [4.69, 9.17) is 5.11 Å². The minimum atomic E-state index is -1.07. The summed E-state index contributed by atoms with van der Waals surface area (Å²) in [6, 6.07) is 7.41. The van der Waals surface area contributed by atoms with Crippen molar-refractivity contribution in [2.75, 3.05) is 5.32 Å². The minimum absolute atomic E-state index is 0.0278. The highest BCUT2D eigenvalue weighted by atomic mass is 79.9. The molecule has 0 aliphatic carbocycles. The van der Waals surface area contributed by atoms with Crippen LogP contribution in [-0.2, 0) is 0 Å². The molecule has 2 N–H and O–H groups in total. The molecule has 0 spiro atoms. The summed E-state index contributed by atoms with van der Waals surface area (Å²) in [4.78, 5) is 19.2. The maximum absolute atomic E-state index is 11.0. The number of halogens is 1. The number of aromatic nitrogens is 2. The molecule has 1 aromatic carbocycles. The van der Waals surface area contributed by atoms with Crippen LogP contribution in [0.5, 0.6) is 0 Å². The molecule has 0 saturated carbocycles. The molecule has 1 heterocycles. The molecule has 0 saturated heterocycles. The zero-order valence-electron chi connectivity index (χ0n) is 12.0. The van der Waals surface area contributed by atoms with Crippen molar-refractivity contribution in [2.24, 2.45) is 0 Å². The fraction of sp³-hybridized carbons (Fsp3) is 0.267. The summed E-state index contributed by atoms with van der Waals surface area (Å²) in [5, 5.41) is 12.1. The molecule has 0 unspecified atom stereocenters. The van der Waals surface area contributed by atoms with E-state index in [2.05, 4.69) is 45.1 Å². The molecule has 5 nitrogen and oxygen atoms in total. The van der Waals surface area contributed by atoms with E-state index in [-0.39, 0.29) is 11.6 Å². The lowest BCUT2D eigenvalue weighted by Crippen LogP contribution is -2.06. The Balaban J connectivity index is 2.32. The van der Waals surface area contributed by atoms with Crippen LogP contribution in [0.1, 0.15) is 41.5 Å². The second-order valence-electron chi connectivity index (χ2n) is 5.04. The fourth-order valence-electron chi connectivity index (χ4n) is 1.85. The highest BCUT2D eigenvalue weighted by Gasteiger charge is 2.10. The van der Waals surface area contributed by atoms with Gasteiger partial charge in [-0.25, -0.2) is 14.8 Å². The van der Waals surface area contributed by atoms with Crippen LogP contribution >= 0.6 is 15.9 Å². The van der Waals surface area contributed by atoms with E-state index < -0.39 is 5.97 Å². The van der Waals surface area contributed by atoms with Gasteiger partial charge in [0.25, 0.3) is 0 Å². The van der Waals surface area contributed by atoms with Crippen LogP contribution in [0.2, 0.25) is 0 Å². The SMILES string of the molecule is Cc1cc(C(=O)O)nc(Nc2ccc(C(C)C)cc2Br)n1. The molecule has 0 bridgehead atoms. The summed E-state index contributed by atoms with van der Waals surface area (Å²) in [5.74, 6) is -0.368. The van der Waals surface area contributed by atoms with Crippen LogP contribution in [0, 0.1) is 6.92 Å². The van der Waals surface area contributed by atoms with Crippen LogP contribution in [0.15, 0.2) is 28.7 Å². The van der Waals surface area contributed by atoms with Gasteiger partial charge < -0.3 is 10.4 Å². The molecular weight excluding hydrogens is 334 g/mol. The normalized spacial score (nSPS) is 10.7.